The number of anilines is 2. The first-order valence-electron chi connectivity index (χ1n) is 10.5. The SMILES string of the molecule is Cc1nc2n(n1)CCN(C(=O)[C@@H]1CCCN1c1nc(N)n3nc(-c4ccco4)nc3n1)C2. The van der Waals surface area contributed by atoms with Gasteiger partial charge in [-0.05, 0) is 31.9 Å². The Morgan fingerprint density at radius 2 is 2.06 bits per heavy atom. The van der Waals surface area contributed by atoms with E-state index in [4.69, 9.17) is 10.2 Å². The summed E-state index contributed by atoms with van der Waals surface area (Å²) in [4.78, 5) is 35.0. The first-order valence-corrected chi connectivity index (χ1v) is 10.5. The minimum atomic E-state index is -0.361. The van der Waals surface area contributed by atoms with Crippen LogP contribution in [0.25, 0.3) is 17.4 Å². The van der Waals surface area contributed by atoms with Crippen molar-refractivity contribution in [1.29, 1.82) is 0 Å². The van der Waals surface area contributed by atoms with Crippen LogP contribution in [0.1, 0.15) is 24.5 Å². The van der Waals surface area contributed by atoms with Gasteiger partial charge in [-0.25, -0.2) is 9.67 Å². The zero-order valence-corrected chi connectivity index (χ0v) is 17.4. The number of aromatic nitrogens is 8. The van der Waals surface area contributed by atoms with Gasteiger partial charge >= 0.3 is 0 Å². The van der Waals surface area contributed by atoms with Crippen LogP contribution in [0.2, 0.25) is 0 Å². The number of nitrogens with zero attached hydrogens (tertiary/aromatic N) is 10. The molecule has 1 atom stereocenters. The molecule has 0 spiro atoms. The summed E-state index contributed by atoms with van der Waals surface area (Å²) in [6.45, 7) is 4.20. The quantitative estimate of drug-likeness (QED) is 0.475. The Morgan fingerprint density at radius 1 is 1.16 bits per heavy atom. The number of carbonyl (C=O) groups excluding carboxylic acids is 1. The number of nitrogen functional groups attached to an aromatic ring is 1. The van der Waals surface area contributed by atoms with E-state index in [2.05, 4.69) is 30.1 Å². The third kappa shape index (κ3) is 2.96. The van der Waals surface area contributed by atoms with Gasteiger partial charge in [0.15, 0.2) is 5.76 Å². The van der Waals surface area contributed by atoms with Gasteiger partial charge in [-0.1, -0.05) is 0 Å². The summed E-state index contributed by atoms with van der Waals surface area (Å²) in [6, 6.07) is 3.15. The van der Waals surface area contributed by atoms with Crippen molar-refractivity contribution in [2.75, 3.05) is 23.7 Å². The number of hydrogen-bond acceptors (Lipinski definition) is 10. The maximum Gasteiger partial charge on any atom is 0.259 e. The van der Waals surface area contributed by atoms with Gasteiger partial charge in [-0.15, -0.1) is 5.10 Å². The van der Waals surface area contributed by atoms with Gasteiger partial charge in [-0.2, -0.15) is 24.6 Å². The van der Waals surface area contributed by atoms with E-state index in [9.17, 15) is 4.79 Å². The number of rotatable bonds is 3. The Kier molecular flexibility index (Phi) is 4.10. The van der Waals surface area contributed by atoms with Crippen molar-refractivity contribution in [2.24, 2.45) is 0 Å². The van der Waals surface area contributed by atoms with Crippen LogP contribution in [0.15, 0.2) is 22.8 Å². The maximum atomic E-state index is 13.4. The molecule has 0 bridgehead atoms. The summed E-state index contributed by atoms with van der Waals surface area (Å²) < 4.78 is 8.60. The lowest BCUT2D eigenvalue weighted by molar-refractivity contribution is -0.134. The van der Waals surface area contributed by atoms with Crippen LogP contribution in [0.3, 0.4) is 0 Å². The minimum absolute atomic E-state index is 0.0363. The molecule has 13 heteroatoms. The number of hydrogen-bond donors (Lipinski definition) is 1. The van der Waals surface area contributed by atoms with Crippen molar-refractivity contribution in [3.05, 3.63) is 30.0 Å². The van der Waals surface area contributed by atoms with Crippen molar-refractivity contribution in [1.82, 2.24) is 44.2 Å². The van der Waals surface area contributed by atoms with Crippen molar-refractivity contribution < 1.29 is 9.21 Å². The predicted molar refractivity (Wildman–Crippen MR) is 111 cm³/mol. The summed E-state index contributed by atoms with van der Waals surface area (Å²) in [5.41, 5.74) is 6.15. The molecule has 4 aromatic rings. The molecule has 0 radical (unpaired) electrons. The fourth-order valence-corrected chi connectivity index (χ4v) is 4.35. The second kappa shape index (κ2) is 7.00. The smallest absolute Gasteiger partial charge is 0.259 e. The number of nitrogens with two attached hydrogens (primary N) is 1. The first-order chi connectivity index (χ1) is 15.6. The maximum absolute atomic E-state index is 13.4. The normalized spacial score (nSPS) is 18.5. The molecule has 0 aliphatic carbocycles. The molecule has 1 amide bonds. The standard InChI is InChI=1S/C19H21N11O2/c1-11-21-14-10-27(7-8-29(14)25-11)16(31)12-4-2-6-28(12)18-23-17(20)30-19(24-18)22-15(26-30)13-5-3-9-32-13/h3,5,9,12H,2,4,6-8,10H2,1H3,(H2,20,22,23,24,26)/t12-/m0/s1. The van der Waals surface area contributed by atoms with Crippen molar-refractivity contribution in [2.45, 2.75) is 38.9 Å². The third-order valence-electron chi connectivity index (χ3n) is 5.84. The van der Waals surface area contributed by atoms with Gasteiger partial charge in [-0.3, -0.25) is 4.79 Å². The summed E-state index contributed by atoms with van der Waals surface area (Å²) in [5, 5.41) is 8.69. The molecule has 1 fully saturated rings. The largest absolute Gasteiger partial charge is 0.461 e. The summed E-state index contributed by atoms with van der Waals surface area (Å²) in [6.07, 6.45) is 3.13. The second-order valence-corrected chi connectivity index (χ2v) is 7.92. The molecule has 2 aliphatic rings. The van der Waals surface area contributed by atoms with E-state index >= 15 is 0 Å². The number of fused-ring (bicyclic) bond motifs is 2. The molecule has 1 saturated heterocycles. The fraction of sp³-hybridized carbons (Fsp3) is 0.421. The summed E-state index contributed by atoms with van der Waals surface area (Å²) >= 11 is 0. The average Bonchev–Trinajstić information content (AvgIpc) is 3.57. The monoisotopic (exact) mass is 435 g/mol. The molecule has 2 aliphatic heterocycles. The third-order valence-corrected chi connectivity index (χ3v) is 5.84. The Labute approximate surface area is 181 Å². The fourth-order valence-electron chi connectivity index (χ4n) is 4.35. The first kappa shape index (κ1) is 18.7. The van der Waals surface area contributed by atoms with Crippen molar-refractivity contribution >= 4 is 23.6 Å². The van der Waals surface area contributed by atoms with Crippen LogP contribution < -0.4 is 10.6 Å². The number of amides is 1. The molecular formula is C19H21N11O2. The molecular weight excluding hydrogens is 414 g/mol. The molecule has 0 saturated carbocycles. The predicted octanol–water partition coefficient (Wildman–Crippen LogP) is 0.273. The Balaban J connectivity index is 1.29. The Morgan fingerprint density at radius 3 is 2.91 bits per heavy atom. The molecule has 164 valence electrons. The number of aryl methyl sites for hydroxylation is 1. The number of furan rings is 1. The molecule has 6 heterocycles. The van der Waals surface area contributed by atoms with E-state index in [0.717, 1.165) is 24.5 Å². The molecule has 13 nitrogen and oxygen atoms in total. The van der Waals surface area contributed by atoms with Gasteiger partial charge in [0.2, 0.25) is 23.6 Å². The lowest BCUT2D eigenvalue weighted by atomic mass is 10.2. The topological polar surface area (TPSA) is 149 Å². The van der Waals surface area contributed by atoms with E-state index < -0.39 is 0 Å². The molecule has 32 heavy (non-hydrogen) atoms. The Hall–Kier alpha value is -4.03. The molecule has 6 rings (SSSR count). The van der Waals surface area contributed by atoms with E-state index in [1.165, 1.54) is 4.52 Å². The van der Waals surface area contributed by atoms with Crippen LogP contribution in [-0.2, 0) is 17.9 Å². The molecule has 2 N–H and O–H groups in total. The average molecular weight is 435 g/mol. The minimum Gasteiger partial charge on any atom is -0.461 e. The van der Waals surface area contributed by atoms with Crippen LogP contribution in [-0.4, -0.2) is 69.3 Å². The summed E-state index contributed by atoms with van der Waals surface area (Å²) in [5.74, 6) is 3.27. The van der Waals surface area contributed by atoms with Gasteiger partial charge < -0.3 is 20.0 Å². The van der Waals surface area contributed by atoms with Gasteiger partial charge in [0.05, 0.1) is 19.4 Å². The zero-order valence-electron chi connectivity index (χ0n) is 17.4. The lowest BCUT2D eigenvalue weighted by Crippen LogP contribution is -2.49. The van der Waals surface area contributed by atoms with Gasteiger partial charge in [0, 0.05) is 13.1 Å². The van der Waals surface area contributed by atoms with Crippen molar-refractivity contribution in [3.63, 3.8) is 0 Å². The van der Waals surface area contributed by atoms with Crippen molar-refractivity contribution in [3.8, 4) is 11.6 Å². The van der Waals surface area contributed by atoms with E-state index in [0.29, 0.717) is 49.5 Å². The number of carbonyl (C=O) groups is 1. The zero-order chi connectivity index (χ0) is 21.8. The van der Waals surface area contributed by atoms with E-state index in [1.54, 1.807) is 18.4 Å². The van der Waals surface area contributed by atoms with Gasteiger partial charge in [0.1, 0.15) is 17.7 Å². The van der Waals surface area contributed by atoms with Crippen LogP contribution in [0.5, 0.6) is 0 Å². The highest BCUT2D eigenvalue weighted by Crippen LogP contribution is 2.27. The van der Waals surface area contributed by atoms with E-state index in [-0.39, 0.29) is 17.9 Å². The lowest BCUT2D eigenvalue weighted by Gasteiger charge is -2.32. The molecule has 0 aromatic carbocycles. The highest BCUT2D eigenvalue weighted by Gasteiger charge is 2.37. The molecule has 0 unspecified atom stereocenters. The Bertz CT molecular complexity index is 1310. The van der Waals surface area contributed by atoms with Crippen LogP contribution in [0, 0.1) is 6.92 Å². The van der Waals surface area contributed by atoms with E-state index in [1.807, 2.05) is 21.4 Å². The van der Waals surface area contributed by atoms with Crippen LogP contribution >= 0.6 is 0 Å². The van der Waals surface area contributed by atoms with Gasteiger partial charge in [0.25, 0.3) is 5.78 Å². The highest BCUT2D eigenvalue weighted by molar-refractivity contribution is 5.85. The summed E-state index contributed by atoms with van der Waals surface area (Å²) in [7, 11) is 0. The second-order valence-electron chi connectivity index (χ2n) is 7.92. The molecule has 4 aromatic heterocycles. The van der Waals surface area contributed by atoms with Crippen LogP contribution in [0.4, 0.5) is 11.9 Å². The highest BCUT2D eigenvalue weighted by atomic mass is 16.3.